The number of nitro benzene ring substituents is 1. The lowest BCUT2D eigenvalue weighted by Crippen LogP contribution is -2.22. The summed E-state index contributed by atoms with van der Waals surface area (Å²) in [6, 6.07) is 27.0. The Bertz CT molecular complexity index is 1500. The van der Waals surface area contributed by atoms with Gasteiger partial charge in [-0.25, -0.2) is 4.98 Å². The normalized spacial score (nSPS) is 11.3. The van der Waals surface area contributed by atoms with E-state index in [1.54, 1.807) is 13.0 Å². The van der Waals surface area contributed by atoms with Gasteiger partial charge in [-0.15, -0.1) is 0 Å². The number of carbonyl (C=O) groups excluding carboxylic acids is 1. The smallest absolute Gasteiger partial charge is 0.271 e. The Hall–Kier alpha value is -4.68. The van der Waals surface area contributed by atoms with Gasteiger partial charge in [0.2, 0.25) is 5.91 Å². The molecule has 0 saturated heterocycles. The van der Waals surface area contributed by atoms with E-state index in [1.165, 1.54) is 18.2 Å². The number of pyridine rings is 1. The van der Waals surface area contributed by atoms with Crippen molar-refractivity contribution in [1.29, 1.82) is 5.26 Å². The highest BCUT2D eigenvalue weighted by Gasteiger charge is 2.22. The van der Waals surface area contributed by atoms with E-state index in [4.69, 9.17) is 9.72 Å². The molecule has 8 nitrogen and oxygen atoms in total. The van der Waals surface area contributed by atoms with Crippen LogP contribution in [-0.2, 0) is 4.79 Å². The van der Waals surface area contributed by atoms with Crippen molar-refractivity contribution in [2.24, 2.45) is 0 Å². The second-order valence-electron chi connectivity index (χ2n) is 8.23. The number of nitrogens with zero attached hydrogens (tertiary/aromatic N) is 3. The van der Waals surface area contributed by atoms with Gasteiger partial charge in [0.15, 0.2) is 0 Å². The Labute approximate surface area is 224 Å². The molecule has 1 heterocycles. The van der Waals surface area contributed by atoms with Crippen LogP contribution in [0.2, 0.25) is 0 Å². The van der Waals surface area contributed by atoms with E-state index in [0.29, 0.717) is 34.1 Å². The quantitative estimate of drug-likeness (QED) is 0.147. The van der Waals surface area contributed by atoms with Gasteiger partial charge in [0.25, 0.3) is 5.69 Å². The molecule has 0 bridgehead atoms. The van der Waals surface area contributed by atoms with Crippen LogP contribution in [-0.4, -0.2) is 27.7 Å². The number of hydrogen-bond acceptors (Lipinski definition) is 7. The summed E-state index contributed by atoms with van der Waals surface area (Å²) in [5.74, 6) is 0.378. The molecule has 0 aliphatic heterocycles. The third-order valence-corrected chi connectivity index (χ3v) is 6.71. The van der Waals surface area contributed by atoms with E-state index < -0.39 is 10.2 Å². The summed E-state index contributed by atoms with van der Waals surface area (Å²) in [6.45, 7) is 4.18. The van der Waals surface area contributed by atoms with Crippen LogP contribution in [0.15, 0.2) is 90.0 Å². The number of nitrogens with one attached hydrogen (secondary N) is 1. The number of anilines is 1. The number of thioether (sulfide) groups is 1. The van der Waals surface area contributed by atoms with E-state index in [9.17, 15) is 20.2 Å². The van der Waals surface area contributed by atoms with Crippen molar-refractivity contribution in [3.05, 3.63) is 101 Å². The summed E-state index contributed by atoms with van der Waals surface area (Å²) in [4.78, 5) is 28.3. The molecule has 4 rings (SSSR count). The first-order valence-corrected chi connectivity index (χ1v) is 12.7. The zero-order valence-corrected chi connectivity index (χ0v) is 21.6. The average Bonchev–Trinajstić information content (AvgIpc) is 2.93. The molecule has 0 spiro atoms. The molecule has 0 aliphatic rings. The number of aromatic nitrogens is 1. The number of ether oxygens (including phenoxy) is 1. The minimum Gasteiger partial charge on any atom is -0.494 e. The summed E-state index contributed by atoms with van der Waals surface area (Å²) in [5.41, 5.74) is 3.62. The lowest BCUT2D eigenvalue weighted by atomic mass is 9.99. The number of rotatable bonds is 9. The third kappa shape index (κ3) is 6.17. The zero-order valence-electron chi connectivity index (χ0n) is 20.8. The molecule has 9 heteroatoms. The summed E-state index contributed by atoms with van der Waals surface area (Å²) in [5, 5.41) is 23.7. The highest BCUT2D eigenvalue weighted by atomic mass is 32.2. The van der Waals surface area contributed by atoms with Crippen LogP contribution in [0.25, 0.3) is 22.4 Å². The number of non-ortho nitro benzene ring substituents is 1. The van der Waals surface area contributed by atoms with Gasteiger partial charge in [-0.3, -0.25) is 14.9 Å². The van der Waals surface area contributed by atoms with Crippen molar-refractivity contribution < 1.29 is 14.5 Å². The van der Waals surface area contributed by atoms with E-state index in [1.807, 2.05) is 67.6 Å². The molecule has 0 unspecified atom stereocenters. The molecule has 0 radical (unpaired) electrons. The molecule has 190 valence electrons. The lowest BCUT2D eigenvalue weighted by molar-refractivity contribution is -0.384. The van der Waals surface area contributed by atoms with E-state index in [-0.39, 0.29) is 11.6 Å². The number of nitro groups is 1. The number of amides is 1. The zero-order chi connectivity index (χ0) is 27.1. The van der Waals surface area contributed by atoms with E-state index >= 15 is 0 Å². The molecule has 0 saturated carbocycles. The Balaban J connectivity index is 1.69. The first kappa shape index (κ1) is 26.4. The molecule has 0 fully saturated rings. The number of benzene rings is 3. The fourth-order valence-corrected chi connectivity index (χ4v) is 4.68. The molecule has 1 atom stereocenters. The van der Waals surface area contributed by atoms with Gasteiger partial charge in [0.05, 0.1) is 28.0 Å². The van der Waals surface area contributed by atoms with Crippen LogP contribution in [0.4, 0.5) is 11.4 Å². The number of carbonyl (C=O) groups is 1. The maximum atomic E-state index is 13.0. The van der Waals surface area contributed by atoms with Crippen molar-refractivity contribution >= 4 is 29.0 Å². The minimum absolute atomic E-state index is 0.118. The van der Waals surface area contributed by atoms with Crippen LogP contribution < -0.4 is 10.1 Å². The van der Waals surface area contributed by atoms with Gasteiger partial charge >= 0.3 is 0 Å². The highest BCUT2D eigenvalue weighted by molar-refractivity contribution is 8.00. The van der Waals surface area contributed by atoms with Crippen molar-refractivity contribution in [3.63, 3.8) is 0 Å². The molecular weight excluding hydrogens is 500 g/mol. The molecule has 1 aromatic heterocycles. The average molecular weight is 525 g/mol. The van der Waals surface area contributed by atoms with Gasteiger partial charge < -0.3 is 10.1 Å². The molecular formula is C29H24N4O4S. The van der Waals surface area contributed by atoms with Crippen molar-refractivity contribution in [1.82, 2.24) is 4.98 Å². The van der Waals surface area contributed by atoms with Crippen LogP contribution in [0.3, 0.4) is 0 Å². The fourth-order valence-electron chi connectivity index (χ4n) is 3.76. The lowest BCUT2D eigenvalue weighted by Gasteiger charge is -2.16. The van der Waals surface area contributed by atoms with Gasteiger partial charge in [0, 0.05) is 28.9 Å². The summed E-state index contributed by atoms with van der Waals surface area (Å²) in [6.07, 6.45) is 0. The molecule has 0 aliphatic carbocycles. The second kappa shape index (κ2) is 12.0. The minimum atomic E-state index is -0.645. The highest BCUT2D eigenvalue weighted by Crippen LogP contribution is 2.36. The van der Waals surface area contributed by atoms with Crippen LogP contribution in [0, 0.1) is 21.4 Å². The van der Waals surface area contributed by atoms with Crippen molar-refractivity contribution in [2.45, 2.75) is 24.1 Å². The molecule has 3 aromatic carbocycles. The Morgan fingerprint density at radius 3 is 2.47 bits per heavy atom. The first-order valence-electron chi connectivity index (χ1n) is 11.9. The Kier molecular flexibility index (Phi) is 8.36. The number of hydrogen-bond donors (Lipinski definition) is 1. The van der Waals surface area contributed by atoms with Gasteiger partial charge in [-0.05, 0) is 55.8 Å². The Morgan fingerprint density at radius 1 is 1.08 bits per heavy atom. The van der Waals surface area contributed by atoms with Crippen molar-refractivity contribution in [3.8, 4) is 34.2 Å². The van der Waals surface area contributed by atoms with Gasteiger partial charge in [-0.1, -0.05) is 48.2 Å². The largest absolute Gasteiger partial charge is 0.494 e. The SMILES string of the molecule is CCOc1ccc(-c2cc(-c3ccccc3)c(C#N)c(S[C@H](C)C(=O)Nc3cccc([N+](=O)[O-])c3)n2)cc1. The molecule has 1 N–H and O–H groups in total. The van der Waals surface area contributed by atoms with Gasteiger partial charge in [-0.2, -0.15) is 5.26 Å². The predicted molar refractivity (Wildman–Crippen MR) is 148 cm³/mol. The maximum Gasteiger partial charge on any atom is 0.271 e. The monoisotopic (exact) mass is 524 g/mol. The summed E-state index contributed by atoms with van der Waals surface area (Å²) in [7, 11) is 0. The predicted octanol–water partition coefficient (Wildman–Crippen LogP) is 6.71. The van der Waals surface area contributed by atoms with Crippen LogP contribution in [0.5, 0.6) is 5.75 Å². The number of nitriles is 1. The van der Waals surface area contributed by atoms with E-state index in [2.05, 4.69) is 11.4 Å². The third-order valence-electron chi connectivity index (χ3n) is 5.63. The Morgan fingerprint density at radius 2 is 1.82 bits per heavy atom. The van der Waals surface area contributed by atoms with Crippen molar-refractivity contribution in [2.75, 3.05) is 11.9 Å². The molecule has 4 aromatic rings. The summed E-state index contributed by atoms with van der Waals surface area (Å²) < 4.78 is 5.55. The first-order chi connectivity index (χ1) is 18.4. The topological polar surface area (TPSA) is 118 Å². The summed E-state index contributed by atoms with van der Waals surface area (Å²) >= 11 is 1.16. The maximum absolute atomic E-state index is 13.0. The van der Waals surface area contributed by atoms with Crippen LogP contribution in [0.1, 0.15) is 19.4 Å². The standard InChI is InChI=1S/C29H24N4O4S/c1-3-37-24-14-12-21(13-15-24)27-17-25(20-8-5-4-6-9-20)26(18-30)29(32-27)38-19(2)28(34)31-22-10-7-11-23(16-22)33(35)36/h4-17,19H,3H2,1-2H3,(H,31,34)/t19-/m1/s1. The fraction of sp³-hybridized carbons (Fsp3) is 0.138. The molecule has 1 amide bonds. The molecule has 38 heavy (non-hydrogen) atoms. The van der Waals surface area contributed by atoms with Crippen LogP contribution >= 0.6 is 11.8 Å². The second-order valence-corrected chi connectivity index (χ2v) is 9.56. The van der Waals surface area contributed by atoms with Gasteiger partial charge in [0.1, 0.15) is 16.8 Å². The van der Waals surface area contributed by atoms with E-state index in [0.717, 1.165) is 28.6 Å².